The van der Waals surface area contributed by atoms with Gasteiger partial charge in [0.2, 0.25) is 5.91 Å². The number of hydrogen-bond acceptors (Lipinski definition) is 3. The van der Waals surface area contributed by atoms with Gasteiger partial charge in [-0.25, -0.2) is 0 Å². The van der Waals surface area contributed by atoms with Gasteiger partial charge in [-0.05, 0) is 12.1 Å². The molecule has 2 rings (SSSR count). The number of carbonyl (C=O) groups is 1. The summed E-state index contributed by atoms with van der Waals surface area (Å²) in [6.45, 7) is 5.38. The minimum absolute atomic E-state index is 0. The molecule has 1 aliphatic rings. The number of halogens is 1. The van der Waals surface area contributed by atoms with Crippen molar-refractivity contribution in [1.82, 2.24) is 20.1 Å². The number of rotatable bonds is 2. The van der Waals surface area contributed by atoms with Crippen LogP contribution in [0.5, 0.6) is 0 Å². The van der Waals surface area contributed by atoms with Gasteiger partial charge in [0.1, 0.15) is 0 Å². The predicted octanol–water partition coefficient (Wildman–Crippen LogP) is 0.939. The lowest BCUT2D eigenvalue weighted by Crippen LogP contribution is -2.53. The highest BCUT2D eigenvalue weighted by Crippen LogP contribution is 2.03. The summed E-state index contributed by atoms with van der Waals surface area (Å²) in [6, 6.07) is 5.85. The highest BCUT2D eigenvalue weighted by atomic mass is 127. The van der Waals surface area contributed by atoms with Gasteiger partial charge in [-0.1, -0.05) is 6.07 Å². The van der Waals surface area contributed by atoms with Gasteiger partial charge in [-0.15, -0.1) is 24.0 Å². The van der Waals surface area contributed by atoms with Crippen molar-refractivity contribution in [3.05, 3.63) is 30.1 Å². The second-order valence-electron chi connectivity index (χ2n) is 4.71. The quantitative estimate of drug-likeness (QED) is 0.454. The molecule has 0 aromatic carbocycles. The third-order valence-corrected chi connectivity index (χ3v) is 3.39. The second kappa shape index (κ2) is 8.81. The molecule has 1 aliphatic heterocycles. The molecule has 0 bridgehead atoms. The van der Waals surface area contributed by atoms with E-state index in [9.17, 15) is 4.79 Å². The molecule has 0 spiro atoms. The molecule has 0 radical (unpaired) electrons. The van der Waals surface area contributed by atoms with Crippen LogP contribution in [-0.4, -0.2) is 59.9 Å². The van der Waals surface area contributed by atoms with Crippen molar-refractivity contribution in [3.63, 3.8) is 0 Å². The number of aliphatic imine (C=N–C) groups is 1. The minimum Gasteiger partial charge on any atom is -0.351 e. The fourth-order valence-electron chi connectivity index (χ4n) is 2.24. The minimum atomic E-state index is 0. The van der Waals surface area contributed by atoms with Crippen LogP contribution in [0.2, 0.25) is 0 Å². The summed E-state index contributed by atoms with van der Waals surface area (Å²) in [5.41, 5.74) is 0.982. The first-order valence-electron chi connectivity index (χ1n) is 6.81. The summed E-state index contributed by atoms with van der Waals surface area (Å²) in [4.78, 5) is 23.9. The van der Waals surface area contributed by atoms with Crippen molar-refractivity contribution >= 4 is 35.8 Å². The number of aromatic nitrogens is 1. The third kappa shape index (κ3) is 5.14. The SMILES string of the molecule is CN=C(NCc1ccccn1)N1CCN(C(C)=O)CC1.I. The highest BCUT2D eigenvalue weighted by Gasteiger charge is 2.20. The molecule has 2 heterocycles. The lowest BCUT2D eigenvalue weighted by molar-refractivity contribution is -0.130. The van der Waals surface area contributed by atoms with E-state index >= 15 is 0 Å². The van der Waals surface area contributed by atoms with Gasteiger partial charge in [0.25, 0.3) is 0 Å². The molecule has 1 fully saturated rings. The molecule has 6 nitrogen and oxygen atoms in total. The van der Waals surface area contributed by atoms with Crippen molar-refractivity contribution in [1.29, 1.82) is 0 Å². The zero-order valence-electron chi connectivity index (χ0n) is 12.5. The summed E-state index contributed by atoms with van der Waals surface area (Å²) < 4.78 is 0. The third-order valence-electron chi connectivity index (χ3n) is 3.39. The molecule has 1 saturated heterocycles. The number of pyridine rings is 1. The Bertz CT molecular complexity index is 472. The monoisotopic (exact) mass is 403 g/mol. The fraction of sp³-hybridized carbons (Fsp3) is 0.500. The summed E-state index contributed by atoms with van der Waals surface area (Å²) in [5, 5.41) is 3.31. The molecular weight excluding hydrogens is 381 g/mol. The molecule has 0 aliphatic carbocycles. The van der Waals surface area contributed by atoms with Gasteiger partial charge in [-0.2, -0.15) is 0 Å². The van der Waals surface area contributed by atoms with E-state index in [1.807, 2.05) is 23.1 Å². The molecule has 1 aromatic rings. The van der Waals surface area contributed by atoms with E-state index in [4.69, 9.17) is 0 Å². The molecule has 0 atom stereocenters. The maximum atomic E-state index is 11.3. The van der Waals surface area contributed by atoms with Gasteiger partial charge >= 0.3 is 0 Å². The van der Waals surface area contributed by atoms with Crippen LogP contribution in [0.4, 0.5) is 0 Å². The first kappa shape index (κ1) is 17.7. The first-order chi connectivity index (χ1) is 9.70. The molecule has 1 aromatic heterocycles. The number of piperazine rings is 1. The lowest BCUT2D eigenvalue weighted by Gasteiger charge is -2.36. The number of amides is 1. The van der Waals surface area contributed by atoms with Crippen molar-refractivity contribution in [2.45, 2.75) is 13.5 Å². The van der Waals surface area contributed by atoms with E-state index < -0.39 is 0 Å². The predicted molar refractivity (Wildman–Crippen MR) is 93.7 cm³/mol. The summed E-state index contributed by atoms with van der Waals surface area (Å²) in [5.74, 6) is 1.000. The van der Waals surface area contributed by atoms with Crippen LogP contribution in [0.25, 0.3) is 0 Å². The molecule has 7 heteroatoms. The zero-order chi connectivity index (χ0) is 14.4. The summed E-state index contributed by atoms with van der Waals surface area (Å²) in [7, 11) is 1.78. The molecule has 116 valence electrons. The fourth-order valence-corrected chi connectivity index (χ4v) is 2.24. The smallest absolute Gasteiger partial charge is 0.219 e. The Morgan fingerprint density at radius 2 is 1.95 bits per heavy atom. The van der Waals surface area contributed by atoms with E-state index in [-0.39, 0.29) is 29.9 Å². The van der Waals surface area contributed by atoms with Crippen molar-refractivity contribution in [2.24, 2.45) is 4.99 Å². The molecule has 1 N–H and O–H groups in total. The number of nitrogens with one attached hydrogen (secondary N) is 1. The molecule has 21 heavy (non-hydrogen) atoms. The van der Waals surface area contributed by atoms with Crippen LogP contribution in [-0.2, 0) is 11.3 Å². The standard InChI is InChI=1S/C14H21N5O.HI/c1-12(20)18-7-9-19(10-8-18)14(15-2)17-11-13-5-3-4-6-16-13;/h3-6H,7-11H2,1-2H3,(H,15,17);1H. The Balaban J connectivity index is 0.00000220. The number of hydrogen-bond donors (Lipinski definition) is 1. The van der Waals surface area contributed by atoms with E-state index in [0.717, 1.165) is 37.8 Å². The number of carbonyl (C=O) groups excluding carboxylic acids is 1. The van der Waals surface area contributed by atoms with Gasteiger partial charge in [0, 0.05) is 46.3 Å². The van der Waals surface area contributed by atoms with Crippen molar-refractivity contribution in [2.75, 3.05) is 33.2 Å². The van der Waals surface area contributed by atoms with Crippen LogP contribution < -0.4 is 5.32 Å². The summed E-state index contributed by atoms with van der Waals surface area (Å²) in [6.07, 6.45) is 1.78. The molecular formula is C14H22IN5O. The second-order valence-corrected chi connectivity index (χ2v) is 4.71. The maximum Gasteiger partial charge on any atom is 0.219 e. The summed E-state index contributed by atoms with van der Waals surface area (Å²) >= 11 is 0. The normalized spacial score (nSPS) is 15.4. The molecule has 0 saturated carbocycles. The van der Waals surface area contributed by atoms with Gasteiger partial charge in [-0.3, -0.25) is 14.8 Å². The van der Waals surface area contributed by atoms with Crippen LogP contribution in [0.1, 0.15) is 12.6 Å². The highest BCUT2D eigenvalue weighted by molar-refractivity contribution is 14.0. The Labute approximate surface area is 142 Å². The van der Waals surface area contributed by atoms with Crippen molar-refractivity contribution in [3.8, 4) is 0 Å². The number of nitrogens with zero attached hydrogens (tertiary/aromatic N) is 4. The average Bonchev–Trinajstić information content (AvgIpc) is 2.49. The van der Waals surface area contributed by atoms with Crippen LogP contribution in [0.3, 0.4) is 0 Å². The largest absolute Gasteiger partial charge is 0.351 e. The topological polar surface area (TPSA) is 60.8 Å². The Morgan fingerprint density at radius 1 is 1.29 bits per heavy atom. The lowest BCUT2D eigenvalue weighted by atomic mass is 10.3. The maximum absolute atomic E-state index is 11.3. The van der Waals surface area contributed by atoms with Gasteiger partial charge in [0.15, 0.2) is 5.96 Å². The Kier molecular flexibility index (Phi) is 7.41. The van der Waals surface area contributed by atoms with E-state index in [0.29, 0.717) is 6.54 Å². The van der Waals surface area contributed by atoms with E-state index in [1.165, 1.54) is 0 Å². The molecule has 1 amide bonds. The Morgan fingerprint density at radius 3 is 2.48 bits per heavy atom. The number of guanidine groups is 1. The van der Waals surface area contributed by atoms with Gasteiger partial charge < -0.3 is 15.1 Å². The Hall–Kier alpha value is -1.38. The van der Waals surface area contributed by atoms with Crippen LogP contribution in [0, 0.1) is 0 Å². The van der Waals surface area contributed by atoms with Gasteiger partial charge in [0.05, 0.1) is 12.2 Å². The average molecular weight is 403 g/mol. The van der Waals surface area contributed by atoms with Crippen LogP contribution >= 0.6 is 24.0 Å². The van der Waals surface area contributed by atoms with Crippen LogP contribution in [0.15, 0.2) is 29.4 Å². The first-order valence-corrected chi connectivity index (χ1v) is 6.81. The van der Waals surface area contributed by atoms with Crippen molar-refractivity contribution < 1.29 is 4.79 Å². The van der Waals surface area contributed by atoms with E-state index in [2.05, 4.69) is 20.2 Å². The van der Waals surface area contributed by atoms with E-state index in [1.54, 1.807) is 20.2 Å². The molecule has 0 unspecified atom stereocenters. The zero-order valence-corrected chi connectivity index (χ0v) is 14.8.